The van der Waals surface area contributed by atoms with Gasteiger partial charge in [-0.05, 0) is 6.92 Å². The molecule has 0 saturated carbocycles. The van der Waals surface area contributed by atoms with Crippen molar-refractivity contribution in [1.29, 1.82) is 10.5 Å². The molecule has 0 unspecified atom stereocenters. The zero-order chi connectivity index (χ0) is 12.7. The van der Waals surface area contributed by atoms with Crippen molar-refractivity contribution >= 4 is 0 Å². The third-order valence-corrected chi connectivity index (χ3v) is 2.59. The Kier molecular flexibility index (Phi) is 5.19. The Morgan fingerprint density at radius 1 is 1.29 bits per heavy atom. The molecule has 90 valence electrons. The first-order valence-electron chi connectivity index (χ1n) is 5.62. The molecule has 0 aromatic carbocycles. The summed E-state index contributed by atoms with van der Waals surface area (Å²) in [7, 11) is 1.89. The number of hydrogen-bond acceptors (Lipinski definition) is 4. The van der Waals surface area contributed by atoms with Crippen LogP contribution in [-0.4, -0.2) is 27.8 Å². The van der Waals surface area contributed by atoms with E-state index in [1.165, 1.54) is 0 Å². The summed E-state index contributed by atoms with van der Waals surface area (Å²) in [5, 5.41) is 21.5. The predicted molar refractivity (Wildman–Crippen MR) is 63.7 cm³/mol. The van der Waals surface area contributed by atoms with Crippen molar-refractivity contribution in [3.63, 3.8) is 0 Å². The molecule has 1 heterocycles. The monoisotopic (exact) mass is 231 g/mol. The number of rotatable bonds is 6. The van der Waals surface area contributed by atoms with Gasteiger partial charge >= 0.3 is 0 Å². The Labute approximate surface area is 102 Å². The van der Waals surface area contributed by atoms with Gasteiger partial charge in [0.1, 0.15) is 0 Å². The highest BCUT2D eigenvalue weighted by atomic mass is 15.3. The van der Waals surface area contributed by atoms with Gasteiger partial charge in [-0.3, -0.25) is 9.58 Å². The maximum atomic E-state index is 8.61. The van der Waals surface area contributed by atoms with E-state index in [2.05, 4.69) is 22.1 Å². The summed E-state index contributed by atoms with van der Waals surface area (Å²) >= 11 is 0. The summed E-state index contributed by atoms with van der Waals surface area (Å²) in [6.45, 7) is 4.13. The Balaban J connectivity index is 2.62. The normalized spacial score (nSPS) is 10.2. The van der Waals surface area contributed by atoms with Crippen molar-refractivity contribution in [2.45, 2.75) is 26.3 Å². The van der Waals surface area contributed by atoms with E-state index < -0.39 is 0 Å². The maximum absolute atomic E-state index is 8.61. The van der Waals surface area contributed by atoms with Crippen molar-refractivity contribution in [2.24, 2.45) is 7.05 Å². The zero-order valence-electron chi connectivity index (χ0n) is 10.3. The highest BCUT2D eigenvalue weighted by Crippen LogP contribution is 2.09. The number of aryl methyl sites for hydroxylation is 2. The summed E-state index contributed by atoms with van der Waals surface area (Å²) in [6.07, 6.45) is 2.97. The van der Waals surface area contributed by atoms with Crippen LogP contribution >= 0.6 is 0 Å². The van der Waals surface area contributed by atoms with Crippen LogP contribution in [0.25, 0.3) is 0 Å². The maximum Gasteiger partial charge on any atom is 0.0638 e. The van der Waals surface area contributed by atoms with Crippen molar-refractivity contribution in [3.05, 3.63) is 17.5 Å². The topological polar surface area (TPSA) is 68.6 Å². The molecule has 0 atom stereocenters. The van der Waals surface area contributed by atoms with E-state index >= 15 is 0 Å². The summed E-state index contributed by atoms with van der Waals surface area (Å²) < 4.78 is 1.79. The highest BCUT2D eigenvalue weighted by Gasteiger charge is 2.09. The first kappa shape index (κ1) is 13.2. The average molecular weight is 231 g/mol. The molecule has 1 rings (SSSR count). The Morgan fingerprint density at radius 3 is 2.29 bits per heavy atom. The Hall–Kier alpha value is -1.85. The Morgan fingerprint density at radius 2 is 1.88 bits per heavy atom. The third-order valence-electron chi connectivity index (χ3n) is 2.59. The van der Waals surface area contributed by atoms with Crippen LogP contribution in [0.2, 0.25) is 0 Å². The molecule has 0 radical (unpaired) electrons. The second-order valence-corrected chi connectivity index (χ2v) is 4.01. The predicted octanol–water partition coefficient (Wildman–Crippen LogP) is 1.36. The minimum atomic E-state index is 0.491. The quantitative estimate of drug-likeness (QED) is 0.741. The lowest BCUT2D eigenvalue weighted by Crippen LogP contribution is -2.25. The summed E-state index contributed by atoms with van der Waals surface area (Å²) in [4.78, 5) is 2.12. The number of hydrogen-bond donors (Lipinski definition) is 0. The molecule has 0 N–H and O–H groups in total. The highest BCUT2D eigenvalue weighted by molar-refractivity contribution is 5.15. The van der Waals surface area contributed by atoms with Gasteiger partial charge in [0, 0.05) is 51.3 Å². The molecule has 0 fully saturated rings. The van der Waals surface area contributed by atoms with Crippen LogP contribution in [0.5, 0.6) is 0 Å². The van der Waals surface area contributed by atoms with Gasteiger partial charge in [-0.15, -0.1) is 0 Å². The van der Waals surface area contributed by atoms with Crippen LogP contribution in [-0.2, 0) is 13.6 Å². The molecule has 0 aliphatic carbocycles. The van der Waals surface area contributed by atoms with E-state index in [0.29, 0.717) is 25.9 Å². The molecule has 1 aromatic rings. The molecule has 0 saturated heterocycles. The number of aromatic nitrogens is 2. The van der Waals surface area contributed by atoms with Gasteiger partial charge in [0.2, 0.25) is 0 Å². The second kappa shape index (κ2) is 6.67. The van der Waals surface area contributed by atoms with Gasteiger partial charge in [-0.2, -0.15) is 15.6 Å². The van der Waals surface area contributed by atoms with Crippen LogP contribution in [0.1, 0.15) is 24.1 Å². The van der Waals surface area contributed by atoms with Crippen LogP contribution in [0, 0.1) is 29.6 Å². The molecule has 1 aromatic heterocycles. The smallest absolute Gasteiger partial charge is 0.0638 e. The van der Waals surface area contributed by atoms with Crippen molar-refractivity contribution in [2.75, 3.05) is 13.1 Å². The van der Waals surface area contributed by atoms with Gasteiger partial charge in [0.15, 0.2) is 0 Å². The largest absolute Gasteiger partial charge is 0.297 e. The van der Waals surface area contributed by atoms with Crippen LogP contribution in [0.15, 0.2) is 6.20 Å². The average Bonchev–Trinajstić information content (AvgIpc) is 2.61. The van der Waals surface area contributed by atoms with E-state index in [0.717, 1.165) is 17.8 Å². The molecule has 0 bridgehead atoms. The van der Waals surface area contributed by atoms with Gasteiger partial charge in [-0.25, -0.2) is 0 Å². The summed E-state index contributed by atoms with van der Waals surface area (Å²) in [6, 6.07) is 4.27. The Bertz CT molecular complexity index is 417. The van der Waals surface area contributed by atoms with Gasteiger partial charge in [0.25, 0.3) is 0 Å². The molecule has 0 spiro atoms. The minimum Gasteiger partial charge on any atom is -0.297 e. The molecular weight excluding hydrogens is 214 g/mol. The lowest BCUT2D eigenvalue weighted by Gasteiger charge is -2.19. The first-order chi connectivity index (χ1) is 8.17. The molecular formula is C12H17N5. The lowest BCUT2D eigenvalue weighted by molar-refractivity contribution is 0.277. The SMILES string of the molecule is Cc1nn(C)cc1CN(CCC#N)CCC#N. The van der Waals surface area contributed by atoms with Crippen molar-refractivity contribution in [1.82, 2.24) is 14.7 Å². The van der Waals surface area contributed by atoms with Crippen LogP contribution in [0.4, 0.5) is 0 Å². The fraction of sp³-hybridized carbons (Fsp3) is 0.583. The fourth-order valence-electron chi connectivity index (χ4n) is 1.73. The molecule has 0 aliphatic rings. The van der Waals surface area contributed by atoms with E-state index in [9.17, 15) is 0 Å². The van der Waals surface area contributed by atoms with Gasteiger partial charge in [0.05, 0.1) is 17.8 Å². The lowest BCUT2D eigenvalue weighted by atomic mass is 10.2. The summed E-state index contributed by atoms with van der Waals surface area (Å²) in [5.41, 5.74) is 2.16. The second-order valence-electron chi connectivity index (χ2n) is 4.01. The van der Waals surface area contributed by atoms with Gasteiger partial charge < -0.3 is 0 Å². The molecule has 0 aliphatic heterocycles. The van der Waals surface area contributed by atoms with E-state index in [1.54, 1.807) is 4.68 Å². The standard InChI is InChI=1S/C12H17N5/c1-11-12(9-16(2)15-11)10-17(7-3-5-13)8-4-6-14/h9H,3-4,7-8,10H2,1-2H3. The van der Waals surface area contributed by atoms with Crippen LogP contribution in [0.3, 0.4) is 0 Å². The van der Waals surface area contributed by atoms with E-state index in [4.69, 9.17) is 10.5 Å². The molecule has 0 amide bonds. The van der Waals surface area contributed by atoms with E-state index in [1.807, 2.05) is 20.2 Å². The molecule has 5 nitrogen and oxygen atoms in total. The van der Waals surface area contributed by atoms with Gasteiger partial charge in [-0.1, -0.05) is 0 Å². The minimum absolute atomic E-state index is 0.491. The number of nitriles is 2. The third kappa shape index (κ3) is 4.26. The number of nitrogens with zero attached hydrogens (tertiary/aromatic N) is 5. The van der Waals surface area contributed by atoms with Crippen molar-refractivity contribution in [3.8, 4) is 12.1 Å². The van der Waals surface area contributed by atoms with Crippen LogP contribution < -0.4 is 0 Å². The van der Waals surface area contributed by atoms with E-state index in [-0.39, 0.29) is 0 Å². The van der Waals surface area contributed by atoms with Crippen molar-refractivity contribution < 1.29 is 0 Å². The summed E-state index contributed by atoms with van der Waals surface area (Å²) in [5.74, 6) is 0. The zero-order valence-corrected chi connectivity index (χ0v) is 10.3. The molecule has 5 heteroatoms. The fourth-order valence-corrected chi connectivity index (χ4v) is 1.73. The first-order valence-corrected chi connectivity index (χ1v) is 5.62. The molecule has 17 heavy (non-hydrogen) atoms.